The van der Waals surface area contributed by atoms with Gasteiger partial charge in [0.25, 0.3) is 5.91 Å². The molecule has 10 heteroatoms. The summed E-state index contributed by atoms with van der Waals surface area (Å²) in [5, 5.41) is 7.02. The number of ether oxygens (including phenoxy) is 1. The largest absolute Gasteiger partial charge is 0.482 e. The van der Waals surface area contributed by atoms with Gasteiger partial charge in [0.1, 0.15) is 11.3 Å². The highest BCUT2D eigenvalue weighted by Crippen LogP contribution is 2.29. The highest BCUT2D eigenvalue weighted by atomic mass is 35.5. The van der Waals surface area contributed by atoms with Crippen LogP contribution in [0.4, 0.5) is 5.69 Å². The first kappa shape index (κ1) is 23.3. The van der Waals surface area contributed by atoms with E-state index >= 15 is 0 Å². The van der Waals surface area contributed by atoms with Crippen LogP contribution in [-0.2, 0) is 11.2 Å². The Labute approximate surface area is 209 Å². The van der Waals surface area contributed by atoms with E-state index in [1.807, 2.05) is 24.3 Å². The number of carbonyl (C=O) groups excluding carboxylic acids is 1. The standard InChI is InChI=1S/C23H16Cl3N3O3S/c24-14-10-17(26)22-18(11-14)28-21(32-22)9-13-5-7-15(8-6-13)27-23(33)29-20(30)12-31-19-4-2-1-3-16(19)25/h1-8,10-11H,9,12H2,(H2,27,29,30,33). The molecule has 0 spiro atoms. The maximum atomic E-state index is 12.1. The van der Waals surface area contributed by atoms with Crippen LogP contribution in [0.5, 0.6) is 5.75 Å². The van der Waals surface area contributed by atoms with E-state index in [1.54, 1.807) is 36.4 Å². The third-order valence-corrected chi connectivity index (χ3v) is 5.48. The minimum atomic E-state index is -0.404. The number of oxazole rings is 1. The molecule has 0 aliphatic heterocycles. The molecule has 168 valence electrons. The van der Waals surface area contributed by atoms with Gasteiger partial charge in [-0.25, -0.2) is 4.98 Å². The van der Waals surface area contributed by atoms with Gasteiger partial charge in [0, 0.05) is 17.1 Å². The zero-order valence-electron chi connectivity index (χ0n) is 16.9. The Balaban J connectivity index is 1.30. The number of anilines is 1. The van der Waals surface area contributed by atoms with Gasteiger partial charge < -0.3 is 14.5 Å². The number of hydrogen-bond acceptors (Lipinski definition) is 5. The van der Waals surface area contributed by atoms with Crippen molar-refractivity contribution in [3.63, 3.8) is 0 Å². The van der Waals surface area contributed by atoms with Crippen LogP contribution in [0.25, 0.3) is 11.1 Å². The van der Waals surface area contributed by atoms with E-state index in [0.717, 1.165) is 5.56 Å². The maximum Gasteiger partial charge on any atom is 0.264 e. The molecule has 1 heterocycles. The summed E-state index contributed by atoms with van der Waals surface area (Å²) in [5.41, 5.74) is 2.80. The molecule has 3 aromatic carbocycles. The van der Waals surface area contributed by atoms with Crippen molar-refractivity contribution in [1.29, 1.82) is 0 Å². The van der Waals surface area contributed by atoms with Gasteiger partial charge in [0.05, 0.1) is 10.0 Å². The lowest BCUT2D eigenvalue weighted by atomic mass is 10.1. The summed E-state index contributed by atoms with van der Waals surface area (Å²) < 4.78 is 11.1. The molecule has 0 unspecified atom stereocenters. The number of thiocarbonyl (C=S) groups is 1. The van der Waals surface area contributed by atoms with E-state index < -0.39 is 5.91 Å². The monoisotopic (exact) mass is 519 g/mol. The van der Waals surface area contributed by atoms with Crippen molar-refractivity contribution in [3.8, 4) is 5.75 Å². The molecule has 2 N–H and O–H groups in total. The Kier molecular flexibility index (Phi) is 7.35. The molecule has 0 saturated carbocycles. The lowest BCUT2D eigenvalue weighted by Gasteiger charge is -2.11. The molecule has 4 rings (SSSR count). The minimum Gasteiger partial charge on any atom is -0.482 e. The average molecular weight is 521 g/mol. The van der Waals surface area contributed by atoms with Gasteiger partial charge in [-0.3, -0.25) is 10.1 Å². The molecule has 0 fully saturated rings. The van der Waals surface area contributed by atoms with Crippen LogP contribution < -0.4 is 15.4 Å². The topological polar surface area (TPSA) is 76.4 Å². The predicted octanol–water partition coefficient (Wildman–Crippen LogP) is 6.27. The number of carbonyl (C=O) groups is 1. The van der Waals surface area contributed by atoms with E-state index in [2.05, 4.69) is 15.6 Å². The summed E-state index contributed by atoms with van der Waals surface area (Å²) in [5.74, 6) is 0.544. The molecule has 6 nitrogen and oxygen atoms in total. The van der Waals surface area contributed by atoms with E-state index in [9.17, 15) is 4.79 Å². The average Bonchev–Trinajstić information content (AvgIpc) is 3.17. The first-order valence-corrected chi connectivity index (χ1v) is 11.2. The summed E-state index contributed by atoms with van der Waals surface area (Å²) in [7, 11) is 0. The van der Waals surface area contributed by atoms with Crippen molar-refractivity contribution in [3.05, 3.63) is 87.2 Å². The van der Waals surface area contributed by atoms with Crippen LogP contribution in [0, 0.1) is 0 Å². The molecule has 0 bridgehead atoms. The van der Waals surface area contributed by atoms with Crippen molar-refractivity contribution < 1.29 is 13.9 Å². The van der Waals surface area contributed by atoms with Gasteiger partial charge in [0.15, 0.2) is 23.2 Å². The number of nitrogens with zero attached hydrogens (tertiary/aromatic N) is 1. The number of halogens is 3. The van der Waals surface area contributed by atoms with Crippen molar-refractivity contribution in [2.24, 2.45) is 0 Å². The second-order valence-corrected chi connectivity index (χ2v) is 8.60. The first-order valence-electron chi connectivity index (χ1n) is 9.69. The molecule has 0 atom stereocenters. The molecule has 1 amide bonds. The second-order valence-electron chi connectivity index (χ2n) is 6.94. The fraction of sp³-hybridized carbons (Fsp3) is 0.0870. The first-order chi connectivity index (χ1) is 15.9. The Hall–Kier alpha value is -2.84. The summed E-state index contributed by atoms with van der Waals surface area (Å²) in [6.45, 7) is -0.218. The number of benzene rings is 3. The molecule has 0 radical (unpaired) electrons. The van der Waals surface area contributed by atoms with E-state index in [-0.39, 0.29) is 11.7 Å². The zero-order valence-corrected chi connectivity index (χ0v) is 20.0. The van der Waals surface area contributed by atoms with Crippen LogP contribution >= 0.6 is 47.0 Å². The number of rotatable bonds is 6. The van der Waals surface area contributed by atoms with Gasteiger partial charge in [-0.15, -0.1) is 0 Å². The number of para-hydroxylation sites is 1. The van der Waals surface area contributed by atoms with Gasteiger partial charge in [-0.05, 0) is 54.2 Å². The zero-order chi connectivity index (χ0) is 23.4. The number of fused-ring (bicyclic) bond motifs is 1. The Bertz CT molecular complexity index is 1330. The summed E-state index contributed by atoms with van der Waals surface area (Å²) in [6.07, 6.45) is 0.476. The number of amides is 1. The van der Waals surface area contributed by atoms with Crippen molar-refractivity contribution in [2.75, 3.05) is 11.9 Å². The van der Waals surface area contributed by atoms with Crippen LogP contribution in [0.15, 0.2) is 65.1 Å². The Morgan fingerprint density at radius 3 is 2.55 bits per heavy atom. The second kappa shape index (κ2) is 10.4. The van der Waals surface area contributed by atoms with E-state index in [4.69, 9.17) is 56.2 Å². The molecule has 33 heavy (non-hydrogen) atoms. The Morgan fingerprint density at radius 2 is 1.79 bits per heavy atom. The molecule has 4 aromatic rings. The minimum absolute atomic E-state index is 0.154. The fourth-order valence-corrected chi connectivity index (χ4v) is 3.94. The predicted molar refractivity (Wildman–Crippen MR) is 135 cm³/mol. The third kappa shape index (κ3) is 6.15. The lowest BCUT2D eigenvalue weighted by Crippen LogP contribution is -2.37. The highest BCUT2D eigenvalue weighted by Gasteiger charge is 2.12. The number of aromatic nitrogens is 1. The number of hydrogen-bond donors (Lipinski definition) is 2. The van der Waals surface area contributed by atoms with Gasteiger partial charge >= 0.3 is 0 Å². The third-order valence-electron chi connectivity index (χ3n) is 4.47. The fourth-order valence-electron chi connectivity index (χ4n) is 2.99. The van der Waals surface area contributed by atoms with Crippen LogP contribution in [0.3, 0.4) is 0 Å². The van der Waals surface area contributed by atoms with Gasteiger partial charge in [-0.2, -0.15) is 0 Å². The molecule has 1 aromatic heterocycles. The molecule has 0 aliphatic rings. The summed E-state index contributed by atoms with van der Waals surface area (Å²) in [6, 6.07) is 17.7. The smallest absolute Gasteiger partial charge is 0.264 e. The molecular formula is C23H16Cl3N3O3S. The van der Waals surface area contributed by atoms with Crippen molar-refractivity contribution >= 4 is 74.8 Å². The van der Waals surface area contributed by atoms with Crippen LogP contribution in [0.1, 0.15) is 11.5 Å². The van der Waals surface area contributed by atoms with Crippen molar-refractivity contribution in [1.82, 2.24) is 10.3 Å². The van der Waals surface area contributed by atoms with E-state index in [1.165, 1.54) is 0 Å². The quantitative estimate of drug-likeness (QED) is 0.292. The number of nitrogens with one attached hydrogen (secondary N) is 2. The normalized spacial score (nSPS) is 10.8. The van der Waals surface area contributed by atoms with Gasteiger partial charge in [-0.1, -0.05) is 59.1 Å². The Morgan fingerprint density at radius 1 is 1.03 bits per heavy atom. The van der Waals surface area contributed by atoms with Crippen LogP contribution in [0.2, 0.25) is 15.1 Å². The SMILES string of the molecule is O=C(COc1ccccc1Cl)NC(=S)Nc1ccc(Cc2nc3cc(Cl)cc(Cl)c3o2)cc1. The lowest BCUT2D eigenvalue weighted by molar-refractivity contribution is -0.121. The molecule has 0 aliphatic carbocycles. The maximum absolute atomic E-state index is 12.1. The molecule has 0 saturated heterocycles. The van der Waals surface area contributed by atoms with E-state index in [0.29, 0.717) is 49.9 Å². The molecular weight excluding hydrogens is 505 g/mol. The highest BCUT2D eigenvalue weighted by molar-refractivity contribution is 7.80. The van der Waals surface area contributed by atoms with Gasteiger partial charge in [0.2, 0.25) is 0 Å². The van der Waals surface area contributed by atoms with Crippen molar-refractivity contribution in [2.45, 2.75) is 6.42 Å². The van der Waals surface area contributed by atoms with Crippen LogP contribution in [-0.4, -0.2) is 22.6 Å². The summed E-state index contributed by atoms with van der Waals surface area (Å²) >= 11 is 23.4. The summed E-state index contributed by atoms with van der Waals surface area (Å²) in [4.78, 5) is 16.5.